The smallest absolute Gasteiger partial charge is 0.270 e. The van der Waals surface area contributed by atoms with Crippen molar-refractivity contribution >= 4 is 56.8 Å². The number of amides is 2. The number of phenolic OH excluding ortho intramolecular Hbond substituents is 1. The summed E-state index contributed by atoms with van der Waals surface area (Å²) in [6.07, 6.45) is 1.29. The summed E-state index contributed by atoms with van der Waals surface area (Å²) in [5.41, 5.74) is 0.495. The molecule has 1 aliphatic heterocycles. The Hall–Kier alpha value is -3.69. The van der Waals surface area contributed by atoms with Gasteiger partial charge in [0.25, 0.3) is 11.8 Å². The second-order valence-corrected chi connectivity index (χ2v) is 8.15. The van der Waals surface area contributed by atoms with E-state index in [0.29, 0.717) is 27.4 Å². The van der Waals surface area contributed by atoms with Crippen molar-refractivity contribution in [1.82, 2.24) is 5.32 Å². The lowest BCUT2D eigenvalue weighted by atomic mass is 10.1. The highest BCUT2D eigenvalue weighted by Crippen LogP contribution is 2.35. The number of hydrogen-bond acceptors (Lipinski definition) is 6. The van der Waals surface area contributed by atoms with E-state index in [4.69, 9.17) is 21.7 Å². The molecule has 0 saturated carbocycles. The summed E-state index contributed by atoms with van der Waals surface area (Å²) in [4.78, 5) is 27.0. The number of benzene rings is 3. The normalized spacial score (nSPS) is 14.9. The van der Waals surface area contributed by atoms with Gasteiger partial charge in [-0.25, -0.2) is 0 Å². The number of hydrogen-bond donors (Lipinski definition) is 2. The summed E-state index contributed by atoms with van der Waals surface area (Å²) in [5.74, 6) is 0.271. The molecule has 0 aliphatic carbocycles. The molecule has 0 unspecified atom stereocenters. The van der Waals surface area contributed by atoms with E-state index in [1.165, 1.54) is 24.2 Å². The molecule has 2 amide bonds. The molecule has 0 spiro atoms. The maximum absolute atomic E-state index is 13.2. The molecule has 1 saturated heterocycles. The predicted molar refractivity (Wildman–Crippen MR) is 132 cm³/mol. The number of halogens is 1. The first-order chi connectivity index (χ1) is 15.9. The molecule has 166 valence electrons. The molecule has 0 bridgehead atoms. The van der Waals surface area contributed by atoms with Gasteiger partial charge < -0.3 is 14.6 Å². The number of ether oxygens (including phenoxy) is 2. The SMILES string of the molecule is COc1cc(Br)c(O)c(/C=C2\C(=O)NC(=S)N(c3ccc(Oc4ccccc4)cc3)C2=O)c1. The number of phenols is 1. The topological polar surface area (TPSA) is 88.1 Å². The maximum Gasteiger partial charge on any atom is 0.270 e. The fraction of sp³-hybridized carbons (Fsp3) is 0.0417. The standard InChI is InChI=1S/C24H17BrN2O5S/c1-31-18-11-14(21(28)20(25)13-18)12-19-22(29)26-24(33)27(23(19)30)15-7-9-17(10-8-15)32-16-5-3-2-4-6-16/h2-13,28H,1H3,(H,26,29,33)/b19-12+. The third-order valence-corrected chi connectivity index (χ3v) is 5.67. The molecule has 33 heavy (non-hydrogen) atoms. The number of aromatic hydroxyl groups is 1. The summed E-state index contributed by atoms with van der Waals surface area (Å²) in [5, 5.41) is 12.8. The number of para-hydroxylation sites is 1. The van der Waals surface area contributed by atoms with E-state index in [9.17, 15) is 14.7 Å². The number of nitrogens with zero attached hydrogens (tertiary/aromatic N) is 1. The van der Waals surface area contributed by atoms with Crippen molar-refractivity contribution in [1.29, 1.82) is 0 Å². The number of anilines is 1. The Morgan fingerprint density at radius 1 is 1.00 bits per heavy atom. The van der Waals surface area contributed by atoms with Gasteiger partial charge in [-0.15, -0.1) is 0 Å². The number of nitrogens with one attached hydrogen (secondary N) is 1. The van der Waals surface area contributed by atoms with Crippen LogP contribution in [-0.2, 0) is 9.59 Å². The average molecular weight is 525 g/mol. The van der Waals surface area contributed by atoms with Gasteiger partial charge in [0.15, 0.2) is 5.11 Å². The van der Waals surface area contributed by atoms with E-state index in [-0.39, 0.29) is 22.0 Å². The van der Waals surface area contributed by atoms with Crippen LogP contribution in [-0.4, -0.2) is 29.1 Å². The van der Waals surface area contributed by atoms with Crippen LogP contribution in [0.25, 0.3) is 6.08 Å². The zero-order valence-electron chi connectivity index (χ0n) is 17.2. The van der Waals surface area contributed by atoms with Gasteiger partial charge in [-0.2, -0.15) is 0 Å². The van der Waals surface area contributed by atoms with E-state index in [0.717, 1.165) is 0 Å². The Labute approximate surface area is 203 Å². The summed E-state index contributed by atoms with van der Waals surface area (Å²) < 4.78 is 11.3. The number of rotatable bonds is 5. The van der Waals surface area contributed by atoms with E-state index in [2.05, 4.69) is 21.2 Å². The highest BCUT2D eigenvalue weighted by molar-refractivity contribution is 9.10. The van der Waals surface area contributed by atoms with Gasteiger partial charge in [-0.1, -0.05) is 18.2 Å². The van der Waals surface area contributed by atoms with E-state index in [1.54, 1.807) is 30.3 Å². The lowest BCUT2D eigenvalue weighted by Gasteiger charge is -2.29. The minimum atomic E-state index is -0.663. The van der Waals surface area contributed by atoms with Crippen molar-refractivity contribution in [3.05, 3.63) is 82.3 Å². The Morgan fingerprint density at radius 3 is 2.33 bits per heavy atom. The van der Waals surface area contributed by atoms with Crippen LogP contribution >= 0.6 is 28.1 Å². The third-order valence-electron chi connectivity index (χ3n) is 4.78. The summed E-state index contributed by atoms with van der Waals surface area (Å²) in [6.45, 7) is 0. The zero-order valence-corrected chi connectivity index (χ0v) is 19.6. The minimum absolute atomic E-state index is 0.0464. The van der Waals surface area contributed by atoms with Gasteiger partial charge in [0, 0.05) is 5.56 Å². The third kappa shape index (κ3) is 4.74. The quantitative estimate of drug-likeness (QED) is 0.283. The first-order valence-corrected chi connectivity index (χ1v) is 10.9. The highest BCUT2D eigenvalue weighted by atomic mass is 79.9. The van der Waals surface area contributed by atoms with Crippen molar-refractivity contribution in [2.45, 2.75) is 0 Å². The Kier molecular flexibility index (Phi) is 6.43. The van der Waals surface area contributed by atoms with Crippen LogP contribution in [0.3, 0.4) is 0 Å². The molecule has 3 aromatic rings. The second-order valence-electron chi connectivity index (χ2n) is 6.91. The van der Waals surface area contributed by atoms with Gasteiger partial charge in [-0.3, -0.25) is 19.8 Å². The highest BCUT2D eigenvalue weighted by Gasteiger charge is 2.34. The van der Waals surface area contributed by atoms with Crippen molar-refractivity contribution in [2.24, 2.45) is 0 Å². The van der Waals surface area contributed by atoms with Crippen molar-refractivity contribution in [3.8, 4) is 23.0 Å². The number of methoxy groups -OCH3 is 1. The van der Waals surface area contributed by atoms with Gasteiger partial charge in [-0.05, 0) is 82.8 Å². The lowest BCUT2D eigenvalue weighted by Crippen LogP contribution is -2.54. The lowest BCUT2D eigenvalue weighted by molar-refractivity contribution is -0.122. The van der Waals surface area contributed by atoms with E-state index < -0.39 is 11.8 Å². The van der Waals surface area contributed by atoms with E-state index in [1.807, 2.05) is 30.3 Å². The first-order valence-electron chi connectivity index (χ1n) is 9.68. The van der Waals surface area contributed by atoms with Gasteiger partial charge in [0.2, 0.25) is 0 Å². The van der Waals surface area contributed by atoms with Crippen molar-refractivity contribution in [2.75, 3.05) is 12.0 Å². The maximum atomic E-state index is 13.2. The van der Waals surface area contributed by atoms with Crippen LogP contribution in [0.5, 0.6) is 23.0 Å². The van der Waals surface area contributed by atoms with Crippen LogP contribution < -0.4 is 19.7 Å². The molecule has 1 heterocycles. The predicted octanol–water partition coefficient (Wildman–Crippen LogP) is 4.79. The molecule has 0 atom stereocenters. The average Bonchev–Trinajstić information content (AvgIpc) is 2.80. The van der Waals surface area contributed by atoms with Crippen LogP contribution in [0, 0.1) is 0 Å². The molecule has 0 radical (unpaired) electrons. The van der Waals surface area contributed by atoms with Crippen LogP contribution in [0.1, 0.15) is 5.56 Å². The molecule has 1 fully saturated rings. The largest absolute Gasteiger partial charge is 0.506 e. The van der Waals surface area contributed by atoms with Crippen LogP contribution in [0.15, 0.2) is 76.8 Å². The molecular formula is C24H17BrN2O5S. The minimum Gasteiger partial charge on any atom is -0.506 e. The fourth-order valence-corrected chi connectivity index (χ4v) is 3.89. The molecule has 0 aromatic heterocycles. The van der Waals surface area contributed by atoms with Crippen LogP contribution in [0.2, 0.25) is 0 Å². The molecule has 9 heteroatoms. The molecule has 3 aromatic carbocycles. The van der Waals surface area contributed by atoms with Gasteiger partial charge >= 0.3 is 0 Å². The number of carbonyl (C=O) groups is 2. The Morgan fingerprint density at radius 2 is 1.67 bits per heavy atom. The van der Waals surface area contributed by atoms with Crippen molar-refractivity contribution in [3.63, 3.8) is 0 Å². The summed E-state index contributed by atoms with van der Waals surface area (Å²) >= 11 is 8.48. The second kappa shape index (κ2) is 9.43. The van der Waals surface area contributed by atoms with E-state index >= 15 is 0 Å². The van der Waals surface area contributed by atoms with Gasteiger partial charge in [0.1, 0.15) is 28.6 Å². The fourth-order valence-electron chi connectivity index (χ4n) is 3.16. The Balaban J connectivity index is 1.64. The molecule has 1 aliphatic rings. The molecule has 2 N–H and O–H groups in total. The van der Waals surface area contributed by atoms with Gasteiger partial charge in [0.05, 0.1) is 17.3 Å². The molecule has 4 rings (SSSR count). The number of thiocarbonyl (C=S) groups is 1. The van der Waals surface area contributed by atoms with Crippen LogP contribution in [0.4, 0.5) is 5.69 Å². The zero-order chi connectivity index (χ0) is 23.5. The Bertz CT molecular complexity index is 1280. The van der Waals surface area contributed by atoms with Crippen molar-refractivity contribution < 1.29 is 24.2 Å². The molecule has 7 nitrogen and oxygen atoms in total. The molecular weight excluding hydrogens is 508 g/mol. The summed E-state index contributed by atoms with van der Waals surface area (Å²) in [7, 11) is 1.47. The monoisotopic (exact) mass is 524 g/mol. The summed E-state index contributed by atoms with van der Waals surface area (Å²) in [6, 6.07) is 19.1. The first kappa shape index (κ1) is 22.5. The number of carbonyl (C=O) groups excluding carboxylic acids is 2.